The number of ether oxygens (including phenoxy) is 1. The third-order valence-electron chi connectivity index (χ3n) is 4.41. The summed E-state index contributed by atoms with van der Waals surface area (Å²) in [5.41, 5.74) is 3.20. The Hall–Kier alpha value is -3.62. The van der Waals surface area contributed by atoms with Gasteiger partial charge in [-0.3, -0.25) is 0 Å². The molecule has 1 heterocycles. The van der Waals surface area contributed by atoms with Crippen LogP contribution in [0.15, 0.2) is 60.7 Å². The number of aromatic amines is 1. The summed E-state index contributed by atoms with van der Waals surface area (Å²) >= 11 is 12.0. The first-order valence-corrected chi connectivity index (χ1v) is 9.84. The van der Waals surface area contributed by atoms with E-state index in [1.165, 1.54) is 0 Å². The first-order valence-electron chi connectivity index (χ1n) is 9.09. The first-order chi connectivity index (χ1) is 15.0. The molecule has 0 spiro atoms. The third-order valence-corrected chi connectivity index (χ3v) is 4.85. The molecule has 0 fully saturated rings. The van der Waals surface area contributed by atoms with Crippen molar-refractivity contribution in [1.29, 1.82) is 0 Å². The maximum absolute atomic E-state index is 12.8. The number of hydrogen-bond donors (Lipinski definition) is 3. The van der Waals surface area contributed by atoms with Crippen molar-refractivity contribution in [3.8, 4) is 28.3 Å². The van der Waals surface area contributed by atoms with Crippen LogP contribution in [0, 0.1) is 0 Å². The molecule has 0 unspecified atom stereocenters. The summed E-state index contributed by atoms with van der Waals surface area (Å²) < 4.78 is 5.23. The monoisotopic (exact) mass is 454 g/mol. The molecule has 0 aliphatic rings. The van der Waals surface area contributed by atoms with Crippen LogP contribution in [-0.2, 0) is 0 Å². The van der Waals surface area contributed by atoms with Crippen molar-refractivity contribution >= 4 is 40.6 Å². The van der Waals surface area contributed by atoms with Crippen LogP contribution in [-0.4, -0.2) is 33.8 Å². The van der Waals surface area contributed by atoms with E-state index < -0.39 is 6.03 Å². The number of amides is 2. The molecule has 3 aromatic carbocycles. The third kappa shape index (κ3) is 4.76. The zero-order valence-corrected chi connectivity index (χ0v) is 17.7. The normalized spacial score (nSPS) is 10.5. The van der Waals surface area contributed by atoms with E-state index in [0.29, 0.717) is 32.8 Å². The Kier molecular flexibility index (Phi) is 6.01. The van der Waals surface area contributed by atoms with E-state index in [0.717, 1.165) is 16.9 Å². The number of nitrogens with one attached hydrogen (secondary N) is 3. The molecule has 0 atom stereocenters. The van der Waals surface area contributed by atoms with Gasteiger partial charge in [0.1, 0.15) is 5.75 Å². The summed E-state index contributed by atoms with van der Waals surface area (Å²) in [6, 6.07) is 17.3. The number of anilines is 2. The molecule has 1 aromatic heterocycles. The number of carbonyl (C=O) groups excluding carboxylic acids is 1. The number of methoxy groups -OCH3 is 1. The summed E-state index contributed by atoms with van der Waals surface area (Å²) in [7, 11) is 1.60. The van der Waals surface area contributed by atoms with Gasteiger partial charge >= 0.3 is 6.03 Å². The van der Waals surface area contributed by atoms with E-state index in [1.54, 1.807) is 31.4 Å². The zero-order chi connectivity index (χ0) is 21.8. The second-order valence-electron chi connectivity index (χ2n) is 6.43. The highest BCUT2D eigenvalue weighted by Gasteiger charge is 2.17. The molecule has 0 bridgehead atoms. The molecule has 0 aliphatic heterocycles. The van der Waals surface area contributed by atoms with Crippen LogP contribution in [0.5, 0.6) is 5.75 Å². The zero-order valence-electron chi connectivity index (χ0n) is 16.2. The largest absolute Gasteiger partial charge is 0.497 e. The van der Waals surface area contributed by atoms with Crippen molar-refractivity contribution in [2.75, 3.05) is 17.7 Å². The summed E-state index contributed by atoms with van der Waals surface area (Å²) in [6.07, 6.45) is 0. The molecule has 0 radical (unpaired) electrons. The van der Waals surface area contributed by atoms with Gasteiger partial charge in [-0.25, -0.2) is 4.79 Å². The molecular weight excluding hydrogens is 439 g/mol. The Morgan fingerprint density at radius 1 is 0.968 bits per heavy atom. The lowest BCUT2D eigenvalue weighted by Crippen LogP contribution is -2.20. The van der Waals surface area contributed by atoms with Crippen LogP contribution in [0.25, 0.3) is 22.5 Å². The minimum absolute atomic E-state index is 0.344. The van der Waals surface area contributed by atoms with Gasteiger partial charge in [0.25, 0.3) is 0 Å². The quantitative estimate of drug-likeness (QED) is 0.369. The fourth-order valence-corrected chi connectivity index (χ4v) is 3.59. The highest BCUT2D eigenvalue weighted by molar-refractivity contribution is 6.35. The van der Waals surface area contributed by atoms with Crippen LogP contribution >= 0.6 is 23.2 Å². The predicted octanol–water partition coefficient (Wildman–Crippen LogP) is 5.49. The molecule has 31 heavy (non-hydrogen) atoms. The summed E-state index contributed by atoms with van der Waals surface area (Å²) in [4.78, 5) is 12.8. The minimum Gasteiger partial charge on any atom is -0.497 e. The van der Waals surface area contributed by atoms with Crippen molar-refractivity contribution < 1.29 is 9.53 Å². The molecule has 156 valence electrons. The van der Waals surface area contributed by atoms with E-state index in [1.807, 2.05) is 36.4 Å². The van der Waals surface area contributed by atoms with Gasteiger partial charge in [0.2, 0.25) is 5.82 Å². The van der Waals surface area contributed by atoms with Crippen molar-refractivity contribution in [3.63, 3.8) is 0 Å². The molecule has 2 amide bonds. The van der Waals surface area contributed by atoms with Crippen molar-refractivity contribution in [2.45, 2.75) is 0 Å². The van der Waals surface area contributed by atoms with Crippen LogP contribution in [0.2, 0.25) is 10.0 Å². The molecule has 3 N–H and O–H groups in total. The molecule has 0 saturated heterocycles. The molecule has 4 rings (SSSR count). The van der Waals surface area contributed by atoms with E-state index in [4.69, 9.17) is 27.9 Å². The SMILES string of the molecule is COc1ccc(-c2cccc(-c3nn[nH]n3)c2NC(=O)Nc2cc(Cl)cc(Cl)c2)cc1. The summed E-state index contributed by atoms with van der Waals surface area (Å²) in [6.45, 7) is 0. The topological polar surface area (TPSA) is 105 Å². The average molecular weight is 455 g/mol. The summed E-state index contributed by atoms with van der Waals surface area (Å²) in [5.74, 6) is 1.07. The first kappa shape index (κ1) is 20.6. The van der Waals surface area contributed by atoms with Crippen LogP contribution in [0.1, 0.15) is 0 Å². The predicted molar refractivity (Wildman–Crippen MR) is 121 cm³/mol. The highest BCUT2D eigenvalue weighted by Crippen LogP contribution is 2.36. The standard InChI is InChI=1S/C21H16Cl2N6O2/c1-31-16-7-5-12(6-8-16)17-3-2-4-18(20-26-28-29-27-20)19(17)25-21(30)24-15-10-13(22)9-14(23)11-15/h2-11H,1H3,(H2,24,25,30)(H,26,27,28,29). The molecule has 0 saturated carbocycles. The Bertz CT molecular complexity index is 1190. The Morgan fingerprint density at radius 2 is 1.68 bits per heavy atom. The Morgan fingerprint density at radius 3 is 2.32 bits per heavy atom. The van der Waals surface area contributed by atoms with Gasteiger partial charge < -0.3 is 15.4 Å². The number of carbonyl (C=O) groups is 1. The maximum atomic E-state index is 12.8. The molecule has 8 nitrogen and oxygen atoms in total. The van der Waals surface area contributed by atoms with Gasteiger partial charge in [-0.05, 0) is 47.2 Å². The molecule has 4 aromatic rings. The Labute approximate surface area is 187 Å². The average Bonchev–Trinajstić information content (AvgIpc) is 3.28. The number of rotatable bonds is 5. The van der Waals surface area contributed by atoms with Gasteiger partial charge in [0, 0.05) is 26.9 Å². The maximum Gasteiger partial charge on any atom is 0.323 e. The second kappa shape index (κ2) is 9.03. The van der Waals surface area contributed by atoms with Gasteiger partial charge in [-0.1, -0.05) is 47.5 Å². The molecule has 0 aliphatic carbocycles. The number of aromatic nitrogens is 4. The van der Waals surface area contributed by atoms with Crippen LogP contribution in [0.4, 0.5) is 16.2 Å². The van der Waals surface area contributed by atoms with E-state index >= 15 is 0 Å². The molecule has 10 heteroatoms. The lowest BCUT2D eigenvalue weighted by atomic mass is 9.99. The van der Waals surface area contributed by atoms with E-state index in [2.05, 4.69) is 31.3 Å². The number of nitrogens with zero attached hydrogens (tertiary/aromatic N) is 3. The summed E-state index contributed by atoms with van der Waals surface area (Å²) in [5, 5.41) is 20.6. The number of para-hydroxylation sites is 1. The Balaban J connectivity index is 1.72. The van der Waals surface area contributed by atoms with E-state index in [9.17, 15) is 4.79 Å². The van der Waals surface area contributed by atoms with Gasteiger partial charge in [-0.2, -0.15) is 5.21 Å². The van der Waals surface area contributed by atoms with Crippen molar-refractivity contribution in [3.05, 3.63) is 70.7 Å². The van der Waals surface area contributed by atoms with Crippen LogP contribution in [0.3, 0.4) is 0 Å². The number of halogens is 2. The van der Waals surface area contributed by atoms with Gasteiger partial charge in [-0.15, -0.1) is 10.2 Å². The van der Waals surface area contributed by atoms with Gasteiger partial charge in [0.15, 0.2) is 0 Å². The van der Waals surface area contributed by atoms with Crippen molar-refractivity contribution in [2.24, 2.45) is 0 Å². The second-order valence-corrected chi connectivity index (χ2v) is 7.30. The number of tetrazole rings is 1. The van der Waals surface area contributed by atoms with E-state index in [-0.39, 0.29) is 0 Å². The minimum atomic E-state index is -0.482. The fourth-order valence-electron chi connectivity index (χ4n) is 3.06. The lowest BCUT2D eigenvalue weighted by molar-refractivity contribution is 0.262. The number of benzene rings is 3. The van der Waals surface area contributed by atoms with Crippen LogP contribution < -0.4 is 15.4 Å². The molecular formula is C21H16Cl2N6O2. The van der Waals surface area contributed by atoms with Gasteiger partial charge in [0.05, 0.1) is 12.8 Å². The highest BCUT2D eigenvalue weighted by atomic mass is 35.5. The number of hydrogen-bond acceptors (Lipinski definition) is 5. The number of urea groups is 1. The smallest absolute Gasteiger partial charge is 0.323 e. The lowest BCUT2D eigenvalue weighted by Gasteiger charge is -2.16. The van der Waals surface area contributed by atoms with Crippen molar-refractivity contribution in [1.82, 2.24) is 20.6 Å². The number of H-pyrrole nitrogens is 1. The fraction of sp³-hybridized carbons (Fsp3) is 0.0476.